The van der Waals surface area contributed by atoms with Gasteiger partial charge in [0.1, 0.15) is 0 Å². The molecule has 0 unspecified atom stereocenters. The van der Waals surface area contributed by atoms with Crippen molar-refractivity contribution in [2.45, 2.75) is 6.92 Å². The van der Waals surface area contributed by atoms with Crippen LogP contribution in [-0.4, -0.2) is 10.8 Å². The van der Waals surface area contributed by atoms with Gasteiger partial charge in [0.05, 0.1) is 9.90 Å². The Balaban J connectivity index is 2.20. The van der Waals surface area contributed by atoms with Crippen LogP contribution in [0.15, 0.2) is 42.0 Å². The summed E-state index contributed by atoms with van der Waals surface area (Å²) in [5.74, 6) is -0.0401. The number of hydrogen-bond acceptors (Lipinski definition) is 3. The summed E-state index contributed by atoms with van der Waals surface area (Å²) in [6, 6.07) is 7.56. The first kappa shape index (κ1) is 12.3. The number of ketones is 1. The number of thiophene rings is 1. The molecule has 19 heavy (non-hydrogen) atoms. The summed E-state index contributed by atoms with van der Waals surface area (Å²) >= 11 is 7.56. The standard InChI is InChI=1S/C15H10ClNOS/c1-9-8-19-15(13(9)16)14(18)11-4-2-3-10-5-6-17-7-12(10)11/h2-8H,1H3. The number of halogens is 1. The minimum Gasteiger partial charge on any atom is -0.288 e. The molecule has 0 atom stereocenters. The summed E-state index contributed by atoms with van der Waals surface area (Å²) in [6.45, 7) is 1.90. The second kappa shape index (κ2) is 4.76. The van der Waals surface area contributed by atoms with E-state index in [1.165, 1.54) is 11.3 Å². The Morgan fingerprint density at radius 2 is 2.16 bits per heavy atom. The van der Waals surface area contributed by atoms with Crippen molar-refractivity contribution in [3.63, 3.8) is 0 Å². The largest absolute Gasteiger partial charge is 0.288 e. The van der Waals surface area contributed by atoms with Gasteiger partial charge in [0.2, 0.25) is 5.78 Å². The van der Waals surface area contributed by atoms with Crippen molar-refractivity contribution in [3.8, 4) is 0 Å². The van der Waals surface area contributed by atoms with Gasteiger partial charge in [-0.3, -0.25) is 9.78 Å². The molecule has 2 heterocycles. The van der Waals surface area contributed by atoms with Crippen LogP contribution in [0.2, 0.25) is 5.02 Å². The lowest BCUT2D eigenvalue weighted by Crippen LogP contribution is -2.00. The SMILES string of the molecule is Cc1csc(C(=O)c2cccc3ccncc23)c1Cl. The van der Waals surface area contributed by atoms with E-state index in [9.17, 15) is 4.79 Å². The zero-order valence-corrected chi connectivity index (χ0v) is 11.8. The van der Waals surface area contributed by atoms with Gasteiger partial charge in [-0.15, -0.1) is 11.3 Å². The van der Waals surface area contributed by atoms with Gasteiger partial charge in [-0.25, -0.2) is 0 Å². The van der Waals surface area contributed by atoms with E-state index in [2.05, 4.69) is 4.98 Å². The number of nitrogens with zero attached hydrogens (tertiary/aromatic N) is 1. The molecule has 1 aromatic carbocycles. The van der Waals surface area contributed by atoms with Gasteiger partial charge in [-0.1, -0.05) is 29.8 Å². The third kappa shape index (κ3) is 2.05. The zero-order valence-electron chi connectivity index (χ0n) is 10.2. The number of aromatic nitrogens is 1. The molecule has 0 fully saturated rings. The summed E-state index contributed by atoms with van der Waals surface area (Å²) in [7, 11) is 0. The van der Waals surface area contributed by atoms with E-state index >= 15 is 0 Å². The molecule has 2 nitrogen and oxygen atoms in total. The number of benzene rings is 1. The average molecular weight is 288 g/mol. The molecule has 0 aliphatic carbocycles. The molecule has 0 N–H and O–H groups in total. The lowest BCUT2D eigenvalue weighted by atomic mass is 10.0. The van der Waals surface area contributed by atoms with Crippen molar-refractivity contribution in [2.24, 2.45) is 0 Å². The highest BCUT2D eigenvalue weighted by atomic mass is 35.5. The Hall–Kier alpha value is -1.71. The van der Waals surface area contributed by atoms with Crippen LogP contribution in [0, 0.1) is 6.92 Å². The predicted molar refractivity (Wildman–Crippen MR) is 79.2 cm³/mol. The molecule has 0 amide bonds. The molecule has 4 heteroatoms. The maximum absolute atomic E-state index is 12.6. The van der Waals surface area contributed by atoms with Crippen molar-refractivity contribution < 1.29 is 4.79 Å². The second-order valence-corrected chi connectivity index (χ2v) is 5.55. The van der Waals surface area contributed by atoms with E-state index in [0.29, 0.717) is 15.5 Å². The van der Waals surface area contributed by atoms with Crippen molar-refractivity contribution in [3.05, 3.63) is 63.1 Å². The Morgan fingerprint density at radius 3 is 2.89 bits per heavy atom. The van der Waals surface area contributed by atoms with Crippen LogP contribution in [0.5, 0.6) is 0 Å². The van der Waals surface area contributed by atoms with Crippen molar-refractivity contribution in [2.75, 3.05) is 0 Å². The number of fused-ring (bicyclic) bond motifs is 1. The summed E-state index contributed by atoms with van der Waals surface area (Å²) in [4.78, 5) is 17.3. The summed E-state index contributed by atoms with van der Waals surface area (Å²) < 4.78 is 0. The number of rotatable bonds is 2. The lowest BCUT2D eigenvalue weighted by molar-refractivity contribution is 0.104. The topological polar surface area (TPSA) is 30.0 Å². The molecule has 3 aromatic rings. The van der Waals surface area contributed by atoms with E-state index in [0.717, 1.165) is 16.3 Å². The molecule has 94 valence electrons. The first-order chi connectivity index (χ1) is 9.18. The van der Waals surface area contributed by atoms with Gasteiger partial charge in [-0.2, -0.15) is 0 Å². The molecular formula is C15H10ClNOS. The minimum absolute atomic E-state index is 0.0401. The minimum atomic E-state index is -0.0401. The monoisotopic (exact) mass is 287 g/mol. The molecular weight excluding hydrogens is 278 g/mol. The molecule has 0 aliphatic heterocycles. The maximum Gasteiger partial charge on any atom is 0.205 e. The van der Waals surface area contributed by atoms with E-state index in [4.69, 9.17) is 11.6 Å². The van der Waals surface area contributed by atoms with Gasteiger partial charge >= 0.3 is 0 Å². The lowest BCUT2D eigenvalue weighted by Gasteiger charge is -2.04. The smallest absolute Gasteiger partial charge is 0.205 e. The summed E-state index contributed by atoms with van der Waals surface area (Å²) in [5.41, 5.74) is 1.59. The normalized spacial score (nSPS) is 10.8. The third-order valence-corrected chi connectivity index (χ3v) is 4.73. The number of carbonyl (C=O) groups excluding carboxylic acids is 1. The van der Waals surface area contributed by atoms with Gasteiger partial charge in [0.15, 0.2) is 0 Å². The predicted octanol–water partition coefficient (Wildman–Crippen LogP) is 4.49. The van der Waals surface area contributed by atoms with Gasteiger partial charge in [0.25, 0.3) is 0 Å². The highest BCUT2D eigenvalue weighted by Crippen LogP contribution is 2.31. The quantitative estimate of drug-likeness (QED) is 0.650. The van der Waals surface area contributed by atoms with Crippen LogP contribution in [0.25, 0.3) is 10.8 Å². The van der Waals surface area contributed by atoms with Crippen LogP contribution in [0.3, 0.4) is 0 Å². The Morgan fingerprint density at radius 1 is 1.32 bits per heavy atom. The van der Waals surface area contributed by atoms with Crippen molar-refractivity contribution in [1.82, 2.24) is 4.98 Å². The van der Waals surface area contributed by atoms with Crippen LogP contribution >= 0.6 is 22.9 Å². The maximum atomic E-state index is 12.6. The number of pyridine rings is 1. The molecule has 0 aliphatic rings. The summed E-state index contributed by atoms with van der Waals surface area (Å²) in [5, 5.41) is 4.32. The Kier molecular flexibility index (Phi) is 3.09. The molecule has 0 radical (unpaired) electrons. The highest BCUT2D eigenvalue weighted by molar-refractivity contribution is 7.13. The molecule has 0 saturated carbocycles. The number of aryl methyl sites for hydroxylation is 1. The Labute approximate surface area is 119 Å². The fourth-order valence-corrected chi connectivity index (χ4v) is 3.25. The van der Waals surface area contributed by atoms with Crippen LogP contribution < -0.4 is 0 Å². The van der Waals surface area contributed by atoms with E-state index in [-0.39, 0.29) is 5.78 Å². The van der Waals surface area contributed by atoms with E-state index in [1.54, 1.807) is 12.4 Å². The fraction of sp³-hybridized carbons (Fsp3) is 0.0667. The molecule has 0 bridgehead atoms. The third-order valence-electron chi connectivity index (χ3n) is 3.03. The van der Waals surface area contributed by atoms with Crippen LogP contribution in [-0.2, 0) is 0 Å². The average Bonchev–Trinajstić information content (AvgIpc) is 2.78. The van der Waals surface area contributed by atoms with Crippen molar-refractivity contribution in [1.29, 1.82) is 0 Å². The van der Waals surface area contributed by atoms with E-state index < -0.39 is 0 Å². The van der Waals surface area contributed by atoms with Gasteiger partial charge in [0, 0.05) is 23.3 Å². The number of hydrogen-bond donors (Lipinski definition) is 0. The van der Waals surface area contributed by atoms with Crippen molar-refractivity contribution >= 4 is 39.5 Å². The van der Waals surface area contributed by atoms with Gasteiger partial charge in [-0.05, 0) is 29.3 Å². The highest BCUT2D eigenvalue weighted by Gasteiger charge is 2.18. The number of carbonyl (C=O) groups is 1. The molecule has 3 rings (SSSR count). The second-order valence-electron chi connectivity index (χ2n) is 4.29. The molecule has 0 saturated heterocycles. The van der Waals surface area contributed by atoms with Crippen LogP contribution in [0.1, 0.15) is 20.8 Å². The summed E-state index contributed by atoms with van der Waals surface area (Å²) in [6.07, 6.45) is 3.44. The van der Waals surface area contributed by atoms with E-state index in [1.807, 2.05) is 36.6 Å². The zero-order chi connectivity index (χ0) is 13.4. The molecule has 0 spiro atoms. The first-order valence-electron chi connectivity index (χ1n) is 5.79. The van der Waals surface area contributed by atoms with Gasteiger partial charge < -0.3 is 0 Å². The molecule has 2 aromatic heterocycles. The Bertz CT molecular complexity index is 773. The fourth-order valence-electron chi connectivity index (χ4n) is 2.02. The first-order valence-corrected chi connectivity index (χ1v) is 7.05. The van der Waals surface area contributed by atoms with Crippen LogP contribution in [0.4, 0.5) is 0 Å².